The number of thiophene rings is 1. The average Bonchev–Trinajstić information content (AvgIpc) is 2.85. The summed E-state index contributed by atoms with van der Waals surface area (Å²) in [5.74, 6) is 0.928. The van der Waals surface area contributed by atoms with Crippen LogP contribution in [0.25, 0.3) is 0 Å². The summed E-state index contributed by atoms with van der Waals surface area (Å²) < 4.78 is 5.52. The van der Waals surface area contributed by atoms with Crippen molar-refractivity contribution >= 4 is 11.3 Å². The molecule has 0 aliphatic rings. The van der Waals surface area contributed by atoms with Crippen LogP contribution in [0.15, 0.2) is 29.0 Å². The minimum absolute atomic E-state index is 0.0196. The monoisotopic (exact) mass is 261 g/mol. The second-order valence-electron chi connectivity index (χ2n) is 4.57. The van der Waals surface area contributed by atoms with Crippen molar-refractivity contribution in [2.45, 2.75) is 26.3 Å². The minimum atomic E-state index is -0.0196. The summed E-state index contributed by atoms with van der Waals surface area (Å²) in [4.78, 5) is 0. The van der Waals surface area contributed by atoms with Gasteiger partial charge in [-0.2, -0.15) is 11.3 Å². The summed E-state index contributed by atoms with van der Waals surface area (Å²) in [5.41, 5.74) is 11.1. The predicted molar refractivity (Wildman–Crippen MR) is 77.4 cm³/mol. The number of rotatable bonds is 4. The highest BCUT2D eigenvalue weighted by atomic mass is 32.1. The van der Waals surface area contributed by atoms with E-state index in [0.717, 1.165) is 17.7 Å². The number of methoxy groups -OCH3 is 1. The first kappa shape index (κ1) is 13.1. The highest BCUT2D eigenvalue weighted by Crippen LogP contribution is 2.31. The van der Waals surface area contributed by atoms with Crippen molar-refractivity contribution in [3.63, 3.8) is 0 Å². The molecule has 0 aliphatic carbocycles. The van der Waals surface area contributed by atoms with Crippen molar-refractivity contribution in [3.05, 3.63) is 51.2 Å². The highest BCUT2D eigenvalue weighted by molar-refractivity contribution is 7.07. The molecule has 0 spiro atoms. The molecule has 0 saturated heterocycles. The molecular weight excluding hydrogens is 242 g/mol. The van der Waals surface area contributed by atoms with Crippen LogP contribution < -0.4 is 10.5 Å². The fourth-order valence-electron chi connectivity index (χ4n) is 2.15. The van der Waals surface area contributed by atoms with E-state index in [2.05, 4.69) is 42.8 Å². The maximum Gasteiger partial charge on any atom is 0.126 e. The predicted octanol–water partition coefficient (Wildman–Crippen LogP) is 3.62. The number of aryl methyl sites for hydroxylation is 1. The first-order valence-corrected chi connectivity index (χ1v) is 6.98. The van der Waals surface area contributed by atoms with Gasteiger partial charge in [-0.15, -0.1) is 0 Å². The Labute approximate surface area is 112 Å². The summed E-state index contributed by atoms with van der Waals surface area (Å²) in [6.07, 6.45) is 0.850. The van der Waals surface area contributed by atoms with E-state index in [4.69, 9.17) is 10.5 Å². The molecule has 18 heavy (non-hydrogen) atoms. The first-order valence-electron chi connectivity index (χ1n) is 6.04. The molecule has 0 bridgehead atoms. The van der Waals surface area contributed by atoms with Gasteiger partial charge < -0.3 is 10.5 Å². The Morgan fingerprint density at radius 2 is 2.06 bits per heavy atom. The largest absolute Gasteiger partial charge is 0.496 e. The van der Waals surface area contributed by atoms with E-state index in [-0.39, 0.29) is 6.04 Å². The molecule has 0 saturated carbocycles. The lowest BCUT2D eigenvalue weighted by atomic mass is 9.96. The topological polar surface area (TPSA) is 35.2 Å². The molecule has 0 amide bonds. The minimum Gasteiger partial charge on any atom is -0.496 e. The zero-order chi connectivity index (χ0) is 13.1. The van der Waals surface area contributed by atoms with Gasteiger partial charge in [0, 0.05) is 11.6 Å². The lowest BCUT2D eigenvalue weighted by Gasteiger charge is -2.18. The first-order chi connectivity index (χ1) is 8.63. The molecule has 1 aromatic carbocycles. The molecule has 1 unspecified atom stereocenters. The molecule has 96 valence electrons. The van der Waals surface area contributed by atoms with Crippen LogP contribution in [0.4, 0.5) is 0 Å². The van der Waals surface area contributed by atoms with Crippen LogP contribution >= 0.6 is 11.3 Å². The Morgan fingerprint density at radius 3 is 2.67 bits per heavy atom. The molecular formula is C15H19NOS. The fraction of sp³-hybridized carbons (Fsp3) is 0.333. The molecule has 1 heterocycles. The van der Waals surface area contributed by atoms with Crippen molar-refractivity contribution in [2.75, 3.05) is 7.11 Å². The Hall–Kier alpha value is -1.32. The van der Waals surface area contributed by atoms with Crippen LogP contribution in [0.1, 0.15) is 28.3 Å². The summed E-state index contributed by atoms with van der Waals surface area (Å²) in [7, 11) is 1.71. The van der Waals surface area contributed by atoms with Crippen LogP contribution in [0.2, 0.25) is 0 Å². The van der Waals surface area contributed by atoms with Gasteiger partial charge in [0.05, 0.1) is 7.11 Å². The third kappa shape index (κ3) is 2.57. The van der Waals surface area contributed by atoms with Crippen molar-refractivity contribution in [2.24, 2.45) is 5.73 Å². The van der Waals surface area contributed by atoms with Crippen molar-refractivity contribution in [3.8, 4) is 5.75 Å². The Balaban J connectivity index is 2.30. The standard InChI is InChI=1S/C15H19NOS/c1-10-4-5-13(15(17-3)11(10)2)14(16)8-12-6-7-18-9-12/h4-7,9,14H,8,16H2,1-3H3. The second kappa shape index (κ2) is 5.55. The van der Waals surface area contributed by atoms with E-state index in [1.807, 2.05) is 0 Å². The van der Waals surface area contributed by atoms with Crippen molar-refractivity contribution in [1.82, 2.24) is 0 Å². The smallest absolute Gasteiger partial charge is 0.126 e. The van der Waals surface area contributed by atoms with Gasteiger partial charge in [-0.1, -0.05) is 12.1 Å². The van der Waals surface area contributed by atoms with E-state index in [9.17, 15) is 0 Å². The van der Waals surface area contributed by atoms with Crippen LogP contribution in [-0.2, 0) is 6.42 Å². The lowest BCUT2D eigenvalue weighted by Crippen LogP contribution is -2.15. The second-order valence-corrected chi connectivity index (χ2v) is 5.35. The van der Waals surface area contributed by atoms with E-state index < -0.39 is 0 Å². The zero-order valence-electron chi connectivity index (χ0n) is 11.1. The van der Waals surface area contributed by atoms with Gasteiger partial charge in [-0.25, -0.2) is 0 Å². The highest BCUT2D eigenvalue weighted by Gasteiger charge is 2.15. The maximum atomic E-state index is 6.31. The van der Waals surface area contributed by atoms with Gasteiger partial charge in [0.15, 0.2) is 0 Å². The van der Waals surface area contributed by atoms with Gasteiger partial charge in [0.1, 0.15) is 5.75 Å². The van der Waals surface area contributed by atoms with E-state index in [0.29, 0.717) is 0 Å². The molecule has 2 aromatic rings. The zero-order valence-corrected chi connectivity index (χ0v) is 11.9. The normalized spacial score (nSPS) is 12.4. The number of ether oxygens (including phenoxy) is 1. The van der Waals surface area contributed by atoms with E-state index in [1.54, 1.807) is 18.4 Å². The van der Waals surface area contributed by atoms with E-state index in [1.165, 1.54) is 16.7 Å². The van der Waals surface area contributed by atoms with Gasteiger partial charge in [-0.05, 0) is 53.8 Å². The van der Waals surface area contributed by atoms with Crippen LogP contribution in [0.3, 0.4) is 0 Å². The summed E-state index contributed by atoms with van der Waals surface area (Å²) in [6.45, 7) is 4.17. The molecule has 0 fully saturated rings. The quantitative estimate of drug-likeness (QED) is 0.912. The van der Waals surface area contributed by atoms with Crippen molar-refractivity contribution < 1.29 is 4.74 Å². The number of hydrogen-bond acceptors (Lipinski definition) is 3. The third-order valence-electron chi connectivity index (χ3n) is 3.35. The van der Waals surface area contributed by atoms with Crippen LogP contribution in [0.5, 0.6) is 5.75 Å². The molecule has 2 N–H and O–H groups in total. The lowest BCUT2D eigenvalue weighted by molar-refractivity contribution is 0.402. The van der Waals surface area contributed by atoms with Gasteiger partial charge in [0.2, 0.25) is 0 Å². The average molecular weight is 261 g/mol. The maximum absolute atomic E-state index is 6.31. The molecule has 3 heteroatoms. The SMILES string of the molecule is COc1c(C(N)Cc2ccsc2)ccc(C)c1C. The summed E-state index contributed by atoms with van der Waals surface area (Å²) >= 11 is 1.71. The van der Waals surface area contributed by atoms with Crippen molar-refractivity contribution in [1.29, 1.82) is 0 Å². The van der Waals surface area contributed by atoms with Gasteiger partial charge in [-0.3, -0.25) is 0 Å². The van der Waals surface area contributed by atoms with Crippen LogP contribution in [-0.4, -0.2) is 7.11 Å². The molecule has 0 radical (unpaired) electrons. The summed E-state index contributed by atoms with van der Waals surface area (Å²) in [6, 6.07) is 6.30. The Kier molecular flexibility index (Phi) is 4.04. The number of hydrogen-bond donors (Lipinski definition) is 1. The third-order valence-corrected chi connectivity index (χ3v) is 4.08. The summed E-state index contributed by atoms with van der Waals surface area (Å²) in [5, 5.41) is 4.23. The van der Waals surface area contributed by atoms with E-state index >= 15 is 0 Å². The Bertz CT molecular complexity index is 520. The number of nitrogens with two attached hydrogens (primary N) is 1. The Morgan fingerprint density at radius 1 is 1.28 bits per heavy atom. The van der Waals surface area contributed by atoms with Crippen LogP contribution in [0, 0.1) is 13.8 Å². The number of benzene rings is 1. The molecule has 2 nitrogen and oxygen atoms in total. The molecule has 2 rings (SSSR count). The van der Waals surface area contributed by atoms with Gasteiger partial charge in [0.25, 0.3) is 0 Å². The van der Waals surface area contributed by atoms with Gasteiger partial charge >= 0.3 is 0 Å². The fourth-order valence-corrected chi connectivity index (χ4v) is 2.83. The molecule has 1 aromatic heterocycles. The molecule has 0 aliphatic heterocycles. The molecule has 1 atom stereocenters.